The molecule has 0 fully saturated rings. The van der Waals surface area contributed by atoms with Gasteiger partial charge in [0.1, 0.15) is 0 Å². The van der Waals surface area contributed by atoms with Gasteiger partial charge in [0.15, 0.2) is 0 Å². The van der Waals surface area contributed by atoms with Crippen molar-refractivity contribution in [2.24, 2.45) is 0 Å². The third-order valence-electron chi connectivity index (χ3n) is 3.06. The first-order valence-corrected chi connectivity index (χ1v) is 5.70. The van der Waals surface area contributed by atoms with E-state index >= 15 is 0 Å². The molecule has 0 saturated heterocycles. The van der Waals surface area contributed by atoms with Crippen LogP contribution in [0.15, 0.2) is 24.3 Å². The summed E-state index contributed by atoms with van der Waals surface area (Å²) in [6.07, 6.45) is 3.11. The molecule has 0 N–H and O–H groups in total. The van der Waals surface area contributed by atoms with Gasteiger partial charge in [-0.3, -0.25) is 10.1 Å². The molecule has 0 bridgehead atoms. The van der Waals surface area contributed by atoms with Gasteiger partial charge in [0.25, 0.3) is 5.69 Å². The van der Waals surface area contributed by atoms with Gasteiger partial charge in [0, 0.05) is 25.2 Å². The molecule has 0 radical (unpaired) electrons. The van der Waals surface area contributed by atoms with E-state index in [0.717, 1.165) is 30.6 Å². The molecule has 1 aliphatic heterocycles. The third kappa shape index (κ3) is 2.71. The summed E-state index contributed by atoms with van der Waals surface area (Å²) in [4.78, 5) is 12.7. The second-order valence-electron chi connectivity index (χ2n) is 4.56. The van der Waals surface area contributed by atoms with Crippen molar-refractivity contribution >= 4 is 11.3 Å². The predicted molar refractivity (Wildman–Crippen MR) is 67.9 cm³/mol. The quantitative estimate of drug-likeness (QED) is 0.581. The number of nitro benzene ring substituents is 1. The second-order valence-corrected chi connectivity index (χ2v) is 4.56. The van der Waals surface area contributed by atoms with Crippen molar-refractivity contribution in [3.05, 3.63) is 45.5 Å². The summed E-state index contributed by atoms with van der Waals surface area (Å²) in [5.74, 6) is 0. The molecule has 4 heteroatoms. The maximum atomic E-state index is 10.8. The number of nitrogens with zero attached hydrogens (tertiary/aromatic N) is 2. The van der Waals surface area contributed by atoms with E-state index in [0.29, 0.717) is 0 Å². The molecule has 0 amide bonds. The Morgan fingerprint density at radius 1 is 1.35 bits per heavy atom. The van der Waals surface area contributed by atoms with Gasteiger partial charge in [-0.15, -0.1) is 0 Å². The molecule has 4 nitrogen and oxygen atoms in total. The highest BCUT2D eigenvalue weighted by atomic mass is 16.6. The average molecular weight is 232 g/mol. The monoisotopic (exact) mass is 232 g/mol. The van der Waals surface area contributed by atoms with Crippen molar-refractivity contribution in [3.63, 3.8) is 0 Å². The van der Waals surface area contributed by atoms with Crippen molar-refractivity contribution in [2.45, 2.75) is 13.3 Å². The Kier molecular flexibility index (Phi) is 3.24. The molecule has 1 aromatic rings. The molecular weight excluding hydrogens is 216 g/mol. The summed E-state index contributed by atoms with van der Waals surface area (Å²) in [5, 5.41) is 10.8. The highest BCUT2D eigenvalue weighted by Gasteiger charge is 2.13. The summed E-state index contributed by atoms with van der Waals surface area (Å²) >= 11 is 0. The van der Waals surface area contributed by atoms with Gasteiger partial charge in [0.2, 0.25) is 0 Å². The van der Waals surface area contributed by atoms with Crippen molar-refractivity contribution in [1.82, 2.24) is 4.90 Å². The lowest BCUT2D eigenvalue weighted by Gasteiger charge is -2.22. The fourth-order valence-electron chi connectivity index (χ4n) is 2.09. The Balaban J connectivity index is 2.35. The normalized spacial score (nSPS) is 16.7. The first-order valence-electron chi connectivity index (χ1n) is 5.70. The standard InChI is InChI=1S/C13H16N2O2/c1-10-7-12(9-13(8-10)15(16)17)11-3-5-14(2)6-4-11/h3,7-9H,4-6H2,1-2H3. The SMILES string of the molecule is Cc1cc(C2=CCN(C)CC2)cc([N+](=O)[O-])c1. The minimum Gasteiger partial charge on any atom is -0.302 e. The van der Waals surface area contributed by atoms with Crippen molar-refractivity contribution in [2.75, 3.05) is 20.1 Å². The topological polar surface area (TPSA) is 46.4 Å². The molecular formula is C13H16N2O2. The van der Waals surface area contributed by atoms with E-state index in [-0.39, 0.29) is 10.6 Å². The predicted octanol–water partition coefficient (Wildman–Crippen LogP) is 2.62. The van der Waals surface area contributed by atoms with Crippen LogP contribution < -0.4 is 0 Å². The number of aryl methyl sites for hydroxylation is 1. The highest BCUT2D eigenvalue weighted by Crippen LogP contribution is 2.26. The van der Waals surface area contributed by atoms with Gasteiger partial charge in [0.05, 0.1) is 4.92 Å². The van der Waals surface area contributed by atoms with Gasteiger partial charge in [-0.05, 0) is 37.1 Å². The molecule has 0 aromatic heterocycles. The Hall–Kier alpha value is -1.68. The average Bonchev–Trinajstić information content (AvgIpc) is 2.29. The zero-order valence-corrected chi connectivity index (χ0v) is 10.1. The maximum Gasteiger partial charge on any atom is 0.270 e. The van der Waals surface area contributed by atoms with Crippen LogP contribution in [-0.2, 0) is 0 Å². The number of hydrogen-bond donors (Lipinski definition) is 0. The van der Waals surface area contributed by atoms with Gasteiger partial charge in [-0.2, -0.15) is 0 Å². The summed E-state index contributed by atoms with van der Waals surface area (Å²) in [5.41, 5.74) is 3.33. The molecule has 0 aliphatic carbocycles. The van der Waals surface area contributed by atoms with Crippen molar-refractivity contribution in [1.29, 1.82) is 0 Å². The van der Waals surface area contributed by atoms with Gasteiger partial charge < -0.3 is 4.90 Å². The number of hydrogen-bond acceptors (Lipinski definition) is 3. The Bertz CT molecular complexity index is 480. The first-order chi connectivity index (χ1) is 8.06. The molecule has 1 aromatic carbocycles. The van der Waals surface area contributed by atoms with Gasteiger partial charge in [-0.1, -0.05) is 12.1 Å². The van der Waals surface area contributed by atoms with Crippen LogP contribution in [0.1, 0.15) is 17.5 Å². The van der Waals surface area contributed by atoms with E-state index in [9.17, 15) is 10.1 Å². The van der Waals surface area contributed by atoms with E-state index in [4.69, 9.17) is 0 Å². The summed E-state index contributed by atoms with van der Waals surface area (Å²) in [6, 6.07) is 5.30. The minimum atomic E-state index is -0.327. The molecule has 17 heavy (non-hydrogen) atoms. The van der Waals surface area contributed by atoms with Crippen LogP contribution in [-0.4, -0.2) is 30.0 Å². The van der Waals surface area contributed by atoms with Crippen LogP contribution in [0, 0.1) is 17.0 Å². The van der Waals surface area contributed by atoms with E-state index in [1.807, 2.05) is 13.0 Å². The van der Waals surface area contributed by atoms with Crippen molar-refractivity contribution in [3.8, 4) is 0 Å². The number of nitro groups is 1. The van der Waals surface area contributed by atoms with Crippen LogP contribution in [0.2, 0.25) is 0 Å². The number of non-ortho nitro benzene ring substituents is 1. The zero-order valence-electron chi connectivity index (χ0n) is 10.1. The molecule has 0 unspecified atom stereocenters. The lowest BCUT2D eigenvalue weighted by molar-refractivity contribution is -0.384. The molecule has 0 atom stereocenters. The maximum absolute atomic E-state index is 10.8. The van der Waals surface area contributed by atoms with Crippen molar-refractivity contribution < 1.29 is 4.92 Å². The van der Waals surface area contributed by atoms with Crippen LogP contribution in [0.25, 0.3) is 5.57 Å². The summed E-state index contributed by atoms with van der Waals surface area (Å²) in [7, 11) is 2.08. The van der Waals surface area contributed by atoms with Crippen LogP contribution in [0.4, 0.5) is 5.69 Å². The van der Waals surface area contributed by atoms with E-state index in [1.165, 1.54) is 5.57 Å². The second kappa shape index (κ2) is 4.67. The fraction of sp³-hybridized carbons (Fsp3) is 0.385. The molecule has 0 spiro atoms. The summed E-state index contributed by atoms with van der Waals surface area (Å²) in [6.45, 7) is 3.82. The summed E-state index contributed by atoms with van der Waals surface area (Å²) < 4.78 is 0. The van der Waals surface area contributed by atoms with E-state index in [2.05, 4.69) is 18.0 Å². The van der Waals surface area contributed by atoms with E-state index in [1.54, 1.807) is 12.1 Å². The molecule has 1 aliphatic rings. The zero-order chi connectivity index (χ0) is 12.4. The van der Waals surface area contributed by atoms with E-state index < -0.39 is 0 Å². The molecule has 90 valence electrons. The fourth-order valence-corrected chi connectivity index (χ4v) is 2.09. The van der Waals surface area contributed by atoms with Crippen LogP contribution >= 0.6 is 0 Å². The molecule has 1 heterocycles. The third-order valence-corrected chi connectivity index (χ3v) is 3.06. The smallest absolute Gasteiger partial charge is 0.270 e. The largest absolute Gasteiger partial charge is 0.302 e. The van der Waals surface area contributed by atoms with Crippen LogP contribution in [0.5, 0.6) is 0 Å². The highest BCUT2D eigenvalue weighted by molar-refractivity contribution is 5.69. The lowest BCUT2D eigenvalue weighted by Crippen LogP contribution is -2.23. The Labute approximate surface area is 101 Å². The number of benzene rings is 1. The minimum absolute atomic E-state index is 0.180. The Morgan fingerprint density at radius 2 is 2.12 bits per heavy atom. The molecule has 2 rings (SSSR count). The Morgan fingerprint density at radius 3 is 2.71 bits per heavy atom. The first kappa shape index (κ1) is 11.8. The number of likely N-dealkylation sites (N-methyl/N-ethyl adjacent to an activating group) is 1. The van der Waals surface area contributed by atoms with Gasteiger partial charge in [-0.25, -0.2) is 0 Å². The molecule has 0 saturated carbocycles. The lowest BCUT2D eigenvalue weighted by atomic mass is 9.97. The number of rotatable bonds is 2. The van der Waals surface area contributed by atoms with Crippen LogP contribution in [0.3, 0.4) is 0 Å². The van der Waals surface area contributed by atoms with Gasteiger partial charge >= 0.3 is 0 Å².